The lowest BCUT2D eigenvalue weighted by Crippen LogP contribution is -2.53. The highest BCUT2D eigenvalue weighted by Gasteiger charge is 2.33. The quantitative estimate of drug-likeness (QED) is 0.278. The summed E-state index contributed by atoms with van der Waals surface area (Å²) in [6, 6.07) is 20.9. The third kappa shape index (κ3) is 9.08. The topological polar surface area (TPSA) is 86.8 Å². The molecule has 3 rings (SSSR count). The molecule has 0 bridgehead atoms. The van der Waals surface area contributed by atoms with Gasteiger partial charge in [-0.3, -0.25) is 13.9 Å². The molecule has 0 saturated heterocycles. The van der Waals surface area contributed by atoms with Crippen LogP contribution >= 0.6 is 27.5 Å². The van der Waals surface area contributed by atoms with Gasteiger partial charge < -0.3 is 10.2 Å². The Kier molecular flexibility index (Phi) is 11.2. The van der Waals surface area contributed by atoms with Crippen molar-refractivity contribution in [2.75, 3.05) is 23.7 Å². The van der Waals surface area contributed by atoms with E-state index in [9.17, 15) is 18.0 Å². The van der Waals surface area contributed by atoms with Crippen LogP contribution in [0, 0.1) is 12.8 Å². The average Bonchev–Trinajstić information content (AvgIpc) is 2.90. The molecular formula is C30H35BrClN3O4S. The summed E-state index contributed by atoms with van der Waals surface area (Å²) in [6.07, 6.45) is 1.32. The van der Waals surface area contributed by atoms with E-state index in [2.05, 4.69) is 21.2 Å². The van der Waals surface area contributed by atoms with Crippen LogP contribution in [0.3, 0.4) is 0 Å². The number of hydrogen-bond donors (Lipinski definition) is 1. The van der Waals surface area contributed by atoms with Crippen LogP contribution in [0.25, 0.3) is 0 Å². The van der Waals surface area contributed by atoms with Crippen molar-refractivity contribution in [1.82, 2.24) is 10.2 Å². The number of carbonyl (C=O) groups is 2. The first-order chi connectivity index (χ1) is 18.8. The van der Waals surface area contributed by atoms with Gasteiger partial charge in [-0.15, -0.1) is 0 Å². The molecule has 0 radical (unpaired) electrons. The Morgan fingerprint density at radius 3 is 2.23 bits per heavy atom. The largest absolute Gasteiger partial charge is 0.354 e. The number of sulfonamides is 1. The van der Waals surface area contributed by atoms with Crippen LogP contribution < -0.4 is 9.62 Å². The van der Waals surface area contributed by atoms with Gasteiger partial charge in [-0.25, -0.2) is 8.42 Å². The standard InChI is InChI=1S/C30H35BrClN3O4S/c1-21(2)18-33-30(37)28(16-23-8-6-5-7-9-23)34(19-24-11-13-25(31)14-12-24)29(36)20-35(40(4,38)39)27-17-26(32)15-10-22(27)3/h5-15,17,21,28H,16,18-20H2,1-4H3,(H,33,37)/t28-/m1/s1. The van der Waals surface area contributed by atoms with Gasteiger partial charge in [-0.05, 0) is 53.8 Å². The minimum atomic E-state index is -3.87. The lowest BCUT2D eigenvalue weighted by molar-refractivity contribution is -0.140. The summed E-state index contributed by atoms with van der Waals surface area (Å²) in [5.41, 5.74) is 2.65. The molecule has 0 aromatic heterocycles. The maximum Gasteiger partial charge on any atom is 0.244 e. The Morgan fingerprint density at radius 1 is 0.975 bits per heavy atom. The van der Waals surface area contributed by atoms with Crippen LogP contribution in [-0.4, -0.2) is 50.5 Å². The first-order valence-electron chi connectivity index (χ1n) is 12.9. The molecule has 2 amide bonds. The predicted octanol–water partition coefficient (Wildman–Crippen LogP) is 5.59. The number of carbonyl (C=O) groups excluding carboxylic acids is 2. The van der Waals surface area contributed by atoms with E-state index in [-0.39, 0.29) is 24.8 Å². The van der Waals surface area contributed by atoms with Crippen LogP contribution in [0.5, 0.6) is 0 Å². The zero-order valence-corrected chi connectivity index (χ0v) is 26.3. The molecule has 40 heavy (non-hydrogen) atoms. The number of aryl methyl sites for hydroxylation is 1. The van der Waals surface area contributed by atoms with Gasteiger partial charge in [0, 0.05) is 29.0 Å². The molecule has 0 unspecified atom stereocenters. The maximum absolute atomic E-state index is 14.1. The molecule has 0 fully saturated rings. The van der Waals surface area contributed by atoms with Gasteiger partial charge in [0.05, 0.1) is 11.9 Å². The number of benzene rings is 3. The number of rotatable bonds is 12. The average molecular weight is 649 g/mol. The Balaban J connectivity index is 2.06. The highest BCUT2D eigenvalue weighted by atomic mass is 79.9. The van der Waals surface area contributed by atoms with Gasteiger partial charge in [0.25, 0.3) is 0 Å². The first kappa shape index (κ1) is 31.6. The number of halogens is 2. The first-order valence-corrected chi connectivity index (χ1v) is 16.0. The molecule has 0 heterocycles. The molecule has 0 aliphatic carbocycles. The van der Waals surface area contributed by atoms with Crippen molar-refractivity contribution in [2.45, 2.75) is 39.8 Å². The molecule has 1 atom stereocenters. The zero-order chi connectivity index (χ0) is 29.4. The van der Waals surface area contributed by atoms with E-state index >= 15 is 0 Å². The molecule has 0 aliphatic rings. The van der Waals surface area contributed by atoms with Crippen molar-refractivity contribution in [2.24, 2.45) is 5.92 Å². The van der Waals surface area contributed by atoms with Crippen molar-refractivity contribution in [3.8, 4) is 0 Å². The number of nitrogens with one attached hydrogen (secondary N) is 1. The fraction of sp³-hybridized carbons (Fsp3) is 0.333. The number of nitrogens with zero attached hydrogens (tertiary/aromatic N) is 2. The highest BCUT2D eigenvalue weighted by molar-refractivity contribution is 9.10. The Labute approximate surface area is 250 Å². The van der Waals surface area contributed by atoms with Gasteiger partial charge in [-0.1, -0.05) is 89.9 Å². The van der Waals surface area contributed by atoms with E-state index in [4.69, 9.17) is 11.6 Å². The van der Waals surface area contributed by atoms with Gasteiger partial charge in [0.2, 0.25) is 21.8 Å². The normalized spacial score (nSPS) is 12.2. The molecular weight excluding hydrogens is 614 g/mol. The molecule has 214 valence electrons. The summed E-state index contributed by atoms with van der Waals surface area (Å²) in [5, 5.41) is 3.33. The minimum absolute atomic E-state index is 0.116. The molecule has 7 nitrogen and oxygen atoms in total. The number of amides is 2. The van der Waals surface area contributed by atoms with E-state index in [0.29, 0.717) is 22.8 Å². The summed E-state index contributed by atoms with van der Waals surface area (Å²) in [7, 11) is -3.87. The third-order valence-corrected chi connectivity index (χ3v) is 8.23. The van der Waals surface area contributed by atoms with E-state index < -0.39 is 28.5 Å². The fourth-order valence-electron chi connectivity index (χ4n) is 4.21. The zero-order valence-electron chi connectivity index (χ0n) is 23.1. The van der Waals surface area contributed by atoms with E-state index in [1.165, 1.54) is 11.0 Å². The van der Waals surface area contributed by atoms with Crippen LogP contribution in [0.2, 0.25) is 5.02 Å². The van der Waals surface area contributed by atoms with E-state index in [0.717, 1.165) is 26.2 Å². The van der Waals surface area contributed by atoms with Crippen LogP contribution in [0.15, 0.2) is 77.3 Å². The SMILES string of the molecule is Cc1ccc(Cl)cc1N(CC(=O)N(Cc1ccc(Br)cc1)[C@H](Cc1ccccc1)C(=O)NCC(C)C)S(C)(=O)=O. The molecule has 10 heteroatoms. The monoisotopic (exact) mass is 647 g/mol. The van der Waals surface area contributed by atoms with Crippen LogP contribution in [-0.2, 0) is 32.6 Å². The van der Waals surface area contributed by atoms with Crippen molar-refractivity contribution in [1.29, 1.82) is 0 Å². The summed E-state index contributed by atoms with van der Waals surface area (Å²) >= 11 is 9.63. The smallest absolute Gasteiger partial charge is 0.244 e. The second-order valence-corrected chi connectivity index (χ2v) is 13.5. The summed E-state index contributed by atoms with van der Waals surface area (Å²) in [4.78, 5) is 29.2. The number of hydrogen-bond acceptors (Lipinski definition) is 4. The van der Waals surface area contributed by atoms with Gasteiger partial charge in [-0.2, -0.15) is 0 Å². The van der Waals surface area contributed by atoms with Gasteiger partial charge >= 0.3 is 0 Å². The van der Waals surface area contributed by atoms with Crippen molar-refractivity contribution >= 4 is 55.1 Å². The maximum atomic E-state index is 14.1. The predicted molar refractivity (Wildman–Crippen MR) is 165 cm³/mol. The number of anilines is 1. The van der Waals surface area contributed by atoms with Crippen LogP contribution in [0.4, 0.5) is 5.69 Å². The molecule has 1 N–H and O–H groups in total. The van der Waals surface area contributed by atoms with Crippen molar-refractivity contribution in [3.05, 3.63) is 99.0 Å². The van der Waals surface area contributed by atoms with Gasteiger partial charge in [0.15, 0.2) is 0 Å². The lowest BCUT2D eigenvalue weighted by Gasteiger charge is -2.34. The highest BCUT2D eigenvalue weighted by Crippen LogP contribution is 2.27. The van der Waals surface area contributed by atoms with Crippen molar-refractivity contribution in [3.63, 3.8) is 0 Å². The lowest BCUT2D eigenvalue weighted by atomic mass is 10.0. The van der Waals surface area contributed by atoms with E-state index in [1.807, 2.05) is 68.4 Å². The molecule has 3 aromatic carbocycles. The molecule has 3 aromatic rings. The fourth-order valence-corrected chi connectivity index (χ4v) is 5.54. The summed E-state index contributed by atoms with van der Waals surface area (Å²) in [5.74, 6) is -0.593. The third-order valence-electron chi connectivity index (χ3n) is 6.34. The molecule has 0 spiro atoms. The Bertz CT molecular complexity index is 1420. The van der Waals surface area contributed by atoms with Crippen molar-refractivity contribution < 1.29 is 18.0 Å². The minimum Gasteiger partial charge on any atom is -0.354 e. The summed E-state index contributed by atoms with van der Waals surface area (Å²) < 4.78 is 27.8. The Morgan fingerprint density at radius 2 is 1.62 bits per heavy atom. The molecule has 0 saturated carbocycles. The Hall–Kier alpha value is -2.88. The van der Waals surface area contributed by atoms with E-state index in [1.54, 1.807) is 19.1 Å². The van der Waals surface area contributed by atoms with Crippen LogP contribution in [0.1, 0.15) is 30.5 Å². The second kappa shape index (κ2) is 14.1. The molecule has 0 aliphatic heterocycles. The summed E-state index contributed by atoms with van der Waals surface area (Å²) in [6.45, 7) is 5.82. The second-order valence-electron chi connectivity index (χ2n) is 10.2. The van der Waals surface area contributed by atoms with Gasteiger partial charge in [0.1, 0.15) is 12.6 Å².